The first-order chi connectivity index (χ1) is 20.9. The summed E-state index contributed by atoms with van der Waals surface area (Å²) < 4.78 is 5.23. The van der Waals surface area contributed by atoms with Crippen LogP contribution in [0.2, 0.25) is 0 Å². The van der Waals surface area contributed by atoms with Crippen LogP contribution in [-0.4, -0.2) is 36.0 Å². The number of hydrogen-bond donors (Lipinski definition) is 1. The van der Waals surface area contributed by atoms with Crippen LogP contribution < -0.4 is 15.1 Å². The Labute approximate surface area is 245 Å². The Balaban J connectivity index is 1.40. The van der Waals surface area contributed by atoms with Crippen molar-refractivity contribution in [2.24, 2.45) is 16.9 Å². The second-order valence-electron chi connectivity index (χ2n) is 10.7. The van der Waals surface area contributed by atoms with Crippen LogP contribution in [-0.2, 0) is 15.0 Å². The summed E-state index contributed by atoms with van der Waals surface area (Å²) in [5.74, 6) is -3.26. The van der Waals surface area contributed by atoms with E-state index in [2.05, 4.69) is 10.5 Å². The monoisotopic (exact) mass is 572 g/mol. The molecule has 1 saturated heterocycles. The van der Waals surface area contributed by atoms with Gasteiger partial charge in [-0.2, -0.15) is 5.10 Å². The number of carbonyl (C=O) groups excluding carboxylic acids is 3. The number of ether oxygens (including phenoxy) is 1. The predicted molar refractivity (Wildman–Crippen MR) is 157 cm³/mol. The zero-order chi connectivity index (χ0) is 29.9. The fraction of sp³-hybridized carbons (Fsp3) is 0.152. The largest absolute Gasteiger partial charge is 0.497 e. The Kier molecular flexibility index (Phi) is 5.94. The molecule has 4 aliphatic rings. The van der Waals surface area contributed by atoms with Gasteiger partial charge >= 0.3 is 0 Å². The fourth-order valence-corrected chi connectivity index (χ4v) is 7.12. The van der Waals surface area contributed by atoms with Crippen molar-refractivity contribution in [3.05, 3.63) is 135 Å². The van der Waals surface area contributed by atoms with Crippen molar-refractivity contribution in [2.45, 2.75) is 11.3 Å². The van der Waals surface area contributed by atoms with E-state index in [1.54, 1.807) is 36.5 Å². The molecule has 8 rings (SSSR count). The summed E-state index contributed by atoms with van der Waals surface area (Å²) in [5, 5.41) is 16.3. The number of para-hydroxylation sites is 2. The Bertz CT molecular complexity index is 1840. The first kappa shape index (κ1) is 26.3. The molecule has 2 bridgehead atoms. The van der Waals surface area contributed by atoms with E-state index < -0.39 is 45.8 Å². The van der Waals surface area contributed by atoms with Gasteiger partial charge in [0.1, 0.15) is 11.4 Å². The van der Waals surface area contributed by atoms with Gasteiger partial charge in [-0.3, -0.25) is 24.5 Å². The molecule has 0 aromatic heterocycles. The third-order valence-corrected chi connectivity index (χ3v) is 8.77. The molecule has 4 aromatic carbocycles. The molecule has 3 aliphatic carbocycles. The fourth-order valence-electron chi connectivity index (χ4n) is 7.12. The van der Waals surface area contributed by atoms with Crippen molar-refractivity contribution in [3.8, 4) is 5.75 Å². The van der Waals surface area contributed by atoms with E-state index in [1.807, 2.05) is 48.5 Å². The highest BCUT2D eigenvalue weighted by molar-refractivity contribution is 6.25. The first-order valence-corrected chi connectivity index (χ1v) is 13.7. The number of methoxy groups -OCH3 is 1. The average Bonchev–Trinajstić information content (AvgIpc) is 3.31. The maximum absolute atomic E-state index is 14.4. The van der Waals surface area contributed by atoms with Gasteiger partial charge in [0.2, 0.25) is 11.8 Å². The molecule has 1 N–H and O–H groups in total. The highest BCUT2D eigenvalue weighted by Gasteiger charge is 2.68. The van der Waals surface area contributed by atoms with E-state index in [1.165, 1.54) is 25.3 Å². The Morgan fingerprint density at radius 1 is 0.930 bits per heavy atom. The summed E-state index contributed by atoms with van der Waals surface area (Å²) >= 11 is 0. The van der Waals surface area contributed by atoms with E-state index >= 15 is 0 Å². The van der Waals surface area contributed by atoms with Crippen LogP contribution in [0.3, 0.4) is 0 Å². The Morgan fingerprint density at radius 2 is 1.58 bits per heavy atom. The number of anilines is 1. The summed E-state index contributed by atoms with van der Waals surface area (Å²) in [6.07, 6.45) is 1.55. The number of hydrogen-bond acceptors (Lipinski definition) is 7. The maximum Gasteiger partial charge on any atom is 0.293 e. The number of carbonyl (C=O) groups is 3. The van der Waals surface area contributed by atoms with E-state index in [9.17, 15) is 24.5 Å². The molecular formula is C33H24N4O6. The number of benzene rings is 4. The summed E-state index contributed by atoms with van der Waals surface area (Å²) in [7, 11) is 1.51. The minimum Gasteiger partial charge on any atom is -0.497 e. The molecular weight excluding hydrogens is 548 g/mol. The molecule has 1 fully saturated rings. The lowest BCUT2D eigenvalue weighted by molar-refractivity contribution is -0.384. The molecule has 0 spiro atoms. The smallest absolute Gasteiger partial charge is 0.293 e. The van der Waals surface area contributed by atoms with Crippen LogP contribution in [0.4, 0.5) is 11.4 Å². The Hall–Kier alpha value is -5.64. The number of nitrogens with zero attached hydrogens (tertiary/aromatic N) is 3. The second-order valence-corrected chi connectivity index (χ2v) is 10.7. The van der Waals surface area contributed by atoms with Crippen LogP contribution in [0.15, 0.2) is 102 Å². The molecule has 1 aliphatic heterocycles. The highest BCUT2D eigenvalue weighted by atomic mass is 16.6. The quantitative estimate of drug-likeness (QED) is 0.156. The van der Waals surface area contributed by atoms with Crippen molar-refractivity contribution >= 4 is 35.3 Å². The third kappa shape index (κ3) is 3.66. The molecule has 1 heterocycles. The van der Waals surface area contributed by atoms with Crippen molar-refractivity contribution in [1.29, 1.82) is 0 Å². The minimum atomic E-state index is -1.24. The van der Waals surface area contributed by atoms with Crippen molar-refractivity contribution in [1.82, 2.24) is 5.43 Å². The number of hydrazone groups is 1. The third-order valence-electron chi connectivity index (χ3n) is 8.77. The average molecular weight is 573 g/mol. The van der Waals surface area contributed by atoms with Crippen molar-refractivity contribution in [2.75, 3.05) is 12.0 Å². The molecule has 2 atom stereocenters. The van der Waals surface area contributed by atoms with E-state index in [0.717, 1.165) is 27.2 Å². The number of imide groups is 1. The van der Waals surface area contributed by atoms with Crippen LogP contribution >= 0.6 is 0 Å². The molecule has 10 nitrogen and oxygen atoms in total. The lowest BCUT2D eigenvalue weighted by atomic mass is 9.47. The topological polar surface area (TPSA) is 131 Å². The van der Waals surface area contributed by atoms with Gasteiger partial charge in [-0.1, -0.05) is 66.7 Å². The number of nitrogens with one attached hydrogen (secondary N) is 1. The van der Waals surface area contributed by atoms with Crippen LogP contribution in [0, 0.1) is 22.0 Å². The van der Waals surface area contributed by atoms with E-state index in [0.29, 0.717) is 11.3 Å². The van der Waals surface area contributed by atoms with Crippen LogP contribution in [0.1, 0.15) is 38.5 Å². The molecule has 0 radical (unpaired) electrons. The lowest BCUT2D eigenvalue weighted by Gasteiger charge is -2.52. The van der Waals surface area contributed by atoms with Crippen LogP contribution in [0.25, 0.3) is 0 Å². The minimum absolute atomic E-state index is 0.0668. The molecule has 43 heavy (non-hydrogen) atoms. The molecule has 0 saturated carbocycles. The van der Waals surface area contributed by atoms with Gasteiger partial charge in [-0.25, -0.2) is 10.3 Å². The summed E-state index contributed by atoms with van der Waals surface area (Å²) in [6, 6.07) is 27.6. The highest BCUT2D eigenvalue weighted by Crippen LogP contribution is 2.63. The number of rotatable bonds is 6. The number of nitro groups is 1. The summed E-state index contributed by atoms with van der Waals surface area (Å²) in [5.41, 5.74) is 4.61. The van der Waals surface area contributed by atoms with E-state index in [-0.39, 0.29) is 11.4 Å². The van der Waals surface area contributed by atoms with Gasteiger partial charge < -0.3 is 4.74 Å². The maximum atomic E-state index is 14.4. The molecule has 4 aromatic rings. The SMILES string of the molecule is COc1cccc(C(=O)N/N=C\C23c4ccccc4C(c4ccccc42)[C@@H]2C(=O)N(c4ccccc4[N+](=O)[O-])C(=O)[C@H]23)c1. The second kappa shape index (κ2) is 9.73. The summed E-state index contributed by atoms with van der Waals surface area (Å²) in [6.45, 7) is 0. The van der Waals surface area contributed by atoms with Gasteiger partial charge in [-0.15, -0.1) is 0 Å². The van der Waals surface area contributed by atoms with Gasteiger partial charge in [-0.05, 0) is 46.5 Å². The Morgan fingerprint density at radius 3 is 2.26 bits per heavy atom. The van der Waals surface area contributed by atoms with Crippen LogP contribution in [0.5, 0.6) is 5.75 Å². The molecule has 3 amide bonds. The molecule has 0 unspecified atom stereocenters. The van der Waals surface area contributed by atoms with Crippen molar-refractivity contribution < 1.29 is 24.0 Å². The normalized spacial score (nSPS) is 23.1. The first-order valence-electron chi connectivity index (χ1n) is 13.7. The van der Waals surface area contributed by atoms with Gasteiger partial charge in [0.25, 0.3) is 11.6 Å². The molecule has 10 heteroatoms. The van der Waals surface area contributed by atoms with Gasteiger partial charge in [0.15, 0.2) is 0 Å². The predicted octanol–water partition coefficient (Wildman–Crippen LogP) is 4.57. The number of nitro benzene ring substituents is 1. The van der Waals surface area contributed by atoms with Gasteiger partial charge in [0.05, 0.1) is 29.3 Å². The lowest BCUT2D eigenvalue weighted by Crippen LogP contribution is -2.54. The molecule has 212 valence electrons. The number of amides is 3. The zero-order valence-corrected chi connectivity index (χ0v) is 22.8. The summed E-state index contributed by atoms with van der Waals surface area (Å²) in [4.78, 5) is 54.1. The zero-order valence-electron chi connectivity index (χ0n) is 22.8. The van der Waals surface area contributed by atoms with Gasteiger partial charge in [0, 0.05) is 23.8 Å². The standard InChI is InChI=1S/C33H24N4O6/c1-43-20-10-8-9-19(17-20)30(38)35-34-18-33-23-13-4-2-11-21(23)27(22-12-3-5-14-24(22)33)28-29(33)32(40)36(31(28)39)25-15-6-7-16-26(25)37(41)42/h2-18,27-29H,1H3,(H,35,38)/b34-18-/t27?,28-,29-,33?/m0/s1. The van der Waals surface area contributed by atoms with E-state index in [4.69, 9.17) is 4.74 Å². The van der Waals surface area contributed by atoms with Crippen molar-refractivity contribution in [3.63, 3.8) is 0 Å².